The minimum atomic E-state index is 0.743. The lowest BCUT2D eigenvalue weighted by atomic mass is 9.97. The molecule has 0 aliphatic carbocycles. The molecule has 0 aromatic carbocycles. The second kappa shape index (κ2) is 3.68. The van der Waals surface area contributed by atoms with Crippen LogP contribution in [0, 0.1) is 12.8 Å². The summed E-state index contributed by atoms with van der Waals surface area (Å²) in [5.74, 6) is 1.76. The highest BCUT2D eigenvalue weighted by atomic mass is 16.1. The fourth-order valence-electron chi connectivity index (χ4n) is 2.18. The fourth-order valence-corrected chi connectivity index (χ4v) is 2.18. The van der Waals surface area contributed by atoms with E-state index in [0.29, 0.717) is 0 Å². The van der Waals surface area contributed by atoms with Crippen LogP contribution in [-0.2, 0) is 7.05 Å². The number of nitrogens with zero attached hydrogens (tertiary/aromatic N) is 3. The monoisotopic (exact) mass is 207 g/mol. The van der Waals surface area contributed by atoms with E-state index in [0.717, 1.165) is 42.4 Å². The quantitative estimate of drug-likeness (QED) is 0.703. The minimum Gasteiger partial charge on any atom is -0.356 e. The minimum absolute atomic E-state index is 0.743. The second-order valence-corrected chi connectivity index (χ2v) is 4.24. The molecule has 1 aromatic heterocycles. The highest BCUT2D eigenvalue weighted by Crippen LogP contribution is 2.29. The molecule has 0 amide bonds. The Morgan fingerprint density at radius 3 is 2.73 bits per heavy atom. The van der Waals surface area contributed by atoms with Crippen LogP contribution in [0.5, 0.6) is 0 Å². The van der Waals surface area contributed by atoms with Crippen molar-refractivity contribution in [2.24, 2.45) is 13.0 Å². The summed E-state index contributed by atoms with van der Waals surface area (Å²) in [7, 11) is 1.90. The van der Waals surface area contributed by atoms with Gasteiger partial charge in [-0.05, 0) is 19.3 Å². The van der Waals surface area contributed by atoms with Gasteiger partial charge in [0.15, 0.2) is 6.29 Å². The van der Waals surface area contributed by atoms with E-state index in [1.807, 2.05) is 18.7 Å². The predicted molar refractivity (Wildman–Crippen MR) is 59.3 cm³/mol. The van der Waals surface area contributed by atoms with Crippen molar-refractivity contribution < 1.29 is 4.79 Å². The first-order valence-corrected chi connectivity index (χ1v) is 5.41. The molecule has 0 saturated carbocycles. The van der Waals surface area contributed by atoms with Crippen molar-refractivity contribution in [3.8, 4) is 0 Å². The molecule has 1 aliphatic rings. The third kappa shape index (κ3) is 1.54. The van der Waals surface area contributed by atoms with Gasteiger partial charge in [0.25, 0.3) is 0 Å². The van der Waals surface area contributed by atoms with Gasteiger partial charge in [-0.15, -0.1) is 0 Å². The number of aryl methyl sites for hydroxylation is 2. The van der Waals surface area contributed by atoms with Gasteiger partial charge in [-0.2, -0.15) is 5.10 Å². The van der Waals surface area contributed by atoms with Crippen LogP contribution < -0.4 is 4.90 Å². The van der Waals surface area contributed by atoms with Crippen molar-refractivity contribution in [2.75, 3.05) is 18.0 Å². The van der Waals surface area contributed by atoms with Crippen LogP contribution in [-0.4, -0.2) is 29.2 Å². The molecule has 0 unspecified atom stereocenters. The topological polar surface area (TPSA) is 38.1 Å². The molecule has 4 heteroatoms. The standard InChI is InChI=1S/C11H17N3O/c1-4-9-5-14(6-9)11-10(7-15)8(2)12-13(11)3/h7,9H,4-6H2,1-3H3. The molecule has 0 bridgehead atoms. The number of rotatable bonds is 3. The maximum atomic E-state index is 11.0. The molecule has 0 spiro atoms. The Balaban J connectivity index is 2.25. The molecule has 2 rings (SSSR count). The first kappa shape index (κ1) is 10.2. The molecule has 1 aromatic rings. The number of hydrogen-bond acceptors (Lipinski definition) is 3. The molecule has 4 nitrogen and oxygen atoms in total. The molecule has 1 aliphatic heterocycles. The second-order valence-electron chi connectivity index (χ2n) is 4.24. The van der Waals surface area contributed by atoms with Crippen LogP contribution in [0.25, 0.3) is 0 Å². The Labute approximate surface area is 89.9 Å². The Morgan fingerprint density at radius 2 is 2.20 bits per heavy atom. The lowest BCUT2D eigenvalue weighted by Crippen LogP contribution is -2.47. The zero-order valence-corrected chi connectivity index (χ0v) is 9.53. The van der Waals surface area contributed by atoms with E-state index in [-0.39, 0.29) is 0 Å². The van der Waals surface area contributed by atoms with Crippen molar-refractivity contribution in [1.82, 2.24) is 9.78 Å². The SMILES string of the molecule is CCC1CN(c2c(C=O)c(C)nn2C)C1. The van der Waals surface area contributed by atoms with Crippen LogP contribution in [0.2, 0.25) is 0 Å². The number of aldehydes is 1. The van der Waals surface area contributed by atoms with E-state index >= 15 is 0 Å². The van der Waals surface area contributed by atoms with Crippen LogP contribution in [0.4, 0.5) is 5.82 Å². The Hall–Kier alpha value is -1.32. The van der Waals surface area contributed by atoms with Gasteiger partial charge < -0.3 is 4.90 Å². The molecule has 15 heavy (non-hydrogen) atoms. The highest BCUT2D eigenvalue weighted by Gasteiger charge is 2.29. The average molecular weight is 207 g/mol. The predicted octanol–water partition coefficient (Wildman–Crippen LogP) is 1.39. The van der Waals surface area contributed by atoms with Crippen LogP contribution in [0.15, 0.2) is 0 Å². The summed E-state index contributed by atoms with van der Waals surface area (Å²) in [5, 5.41) is 4.28. The lowest BCUT2D eigenvalue weighted by Gasteiger charge is -2.40. The molecule has 0 radical (unpaired) electrons. The summed E-state index contributed by atoms with van der Waals surface area (Å²) in [5.41, 5.74) is 1.56. The molecule has 2 heterocycles. The molecule has 0 atom stereocenters. The Morgan fingerprint density at radius 1 is 1.53 bits per heavy atom. The maximum Gasteiger partial charge on any atom is 0.155 e. The van der Waals surface area contributed by atoms with Crippen molar-refractivity contribution in [1.29, 1.82) is 0 Å². The Bertz CT molecular complexity index is 377. The van der Waals surface area contributed by atoms with E-state index in [2.05, 4.69) is 16.9 Å². The number of hydrogen-bond donors (Lipinski definition) is 0. The summed E-state index contributed by atoms with van der Waals surface area (Å²) in [4.78, 5) is 13.2. The van der Waals surface area contributed by atoms with Gasteiger partial charge in [0.1, 0.15) is 5.82 Å². The van der Waals surface area contributed by atoms with Gasteiger partial charge in [-0.1, -0.05) is 6.92 Å². The molecule has 1 fully saturated rings. The van der Waals surface area contributed by atoms with Gasteiger partial charge in [0, 0.05) is 20.1 Å². The van der Waals surface area contributed by atoms with Gasteiger partial charge in [0.05, 0.1) is 11.3 Å². The van der Waals surface area contributed by atoms with E-state index in [1.54, 1.807) is 0 Å². The zero-order valence-electron chi connectivity index (χ0n) is 9.53. The summed E-state index contributed by atoms with van der Waals surface area (Å²) in [6.07, 6.45) is 2.13. The van der Waals surface area contributed by atoms with E-state index in [9.17, 15) is 4.79 Å². The smallest absolute Gasteiger partial charge is 0.155 e. The summed E-state index contributed by atoms with van der Waals surface area (Å²) < 4.78 is 1.81. The van der Waals surface area contributed by atoms with Crippen LogP contribution >= 0.6 is 0 Å². The van der Waals surface area contributed by atoms with Crippen LogP contribution in [0.1, 0.15) is 29.4 Å². The van der Waals surface area contributed by atoms with Gasteiger partial charge in [-0.25, -0.2) is 0 Å². The first-order valence-electron chi connectivity index (χ1n) is 5.41. The maximum absolute atomic E-state index is 11.0. The fraction of sp³-hybridized carbons (Fsp3) is 0.636. The number of carbonyl (C=O) groups is 1. The summed E-state index contributed by atoms with van der Waals surface area (Å²) >= 11 is 0. The van der Waals surface area contributed by atoms with E-state index in [1.165, 1.54) is 6.42 Å². The first-order chi connectivity index (χ1) is 7.17. The van der Waals surface area contributed by atoms with Crippen molar-refractivity contribution >= 4 is 12.1 Å². The van der Waals surface area contributed by atoms with Crippen molar-refractivity contribution in [3.63, 3.8) is 0 Å². The number of aromatic nitrogens is 2. The number of carbonyl (C=O) groups excluding carboxylic acids is 1. The van der Waals surface area contributed by atoms with E-state index in [4.69, 9.17) is 0 Å². The van der Waals surface area contributed by atoms with Crippen molar-refractivity contribution in [2.45, 2.75) is 20.3 Å². The van der Waals surface area contributed by atoms with Crippen molar-refractivity contribution in [3.05, 3.63) is 11.3 Å². The van der Waals surface area contributed by atoms with E-state index < -0.39 is 0 Å². The van der Waals surface area contributed by atoms with Gasteiger partial charge in [-0.3, -0.25) is 9.48 Å². The third-order valence-electron chi connectivity index (χ3n) is 3.19. The molecule has 82 valence electrons. The molecule has 0 N–H and O–H groups in total. The molecular formula is C11H17N3O. The highest BCUT2D eigenvalue weighted by molar-refractivity contribution is 5.85. The lowest BCUT2D eigenvalue weighted by molar-refractivity contribution is 0.112. The Kier molecular flexibility index (Phi) is 2.50. The summed E-state index contributed by atoms with van der Waals surface area (Å²) in [6, 6.07) is 0. The van der Waals surface area contributed by atoms with Crippen LogP contribution in [0.3, 0.4) is 0 Å². The zero-order chi connectivity index (χ0) is 11.0. The third-order valence-corrected chi connectivity index (χ3v) is 3.19. The molecular weight excluding hydrogens is 190 g/mol. The molecule has 1 saturated heterocycles. The summed E-state index contributed by atoms with van der Waals surface area (Å²) in [6.45, 7) is 6.19. The number of anilines is 1. The van der Waals surface area contributed by atoms with Gasteiger partial charge in [0.2, 0.25) is 0 Å². The largest absolute Gasteiger partial charge is 0.356 e. The average Bonchev–Trinajstić information content (AvgIpc) is 2.40. The van der Waals surface area contributed by atoms with Gasteiger partial charge >= 0.3 is 0 Å². The normalized spacial score (nSPS) is 16.6.